The maximum Gasteiger partial charge on any atom is 0.216 e. The molecule has 74 valence electrons. The lowest BCUT2D eigenvalue weighted by molar-refractivity contribution is -0.131. The molecule has 0 aromatic heterocycles. The number of hydrogen-bond acceptors (Lipinski definition) is 3. The Morgan fingerprint density at radius 2 is 1.93 bits per heavy atom. The second kappa shape index (κ2) is 4.67. The summed E-state index contributed by atoms with van der Waals surface area (Å²) in [5.41, 5.74) is 1.94. The highest BCUT2D eigenvalue weighted by Crippen LogP contribution is 2.13. The van der Waals surface area contributed by atoms with Gasteiger partial charge in [0.1, 0.15) is 0 Å². The molecule has 0 aliphatic heterocycles. The van der Waals surface area contributed by atoms with E-state index in [-0.39, 0.29) is 0 Å². The standard InChI is InChI=1S/C11H13NO2/c1-8-3-5-9(6-4-8)11(12-2)10(14)7-13/h3-7,11-12H,1-2H3/t11-/m0/s1. The first kappa shape index (κ1) is 10.6. The lowest BCUT2D eigenvalue weighted by Crippen LogP contribution is -2.26. The topological polar surface area (TPSA) is 46.2 Å². The van der Waals surface area contributed by atoms with Gasteiger partial charge in [-0.2, -0.15) is 0 Å². The van der Waals surface area contributed by atoms with E-state index in [0.717, 1.165) is 11.1 Å². The van der Waals surface area contributed by atoms with Gasteiger partial charge in [-0.3, -0.25) is 9.59 Å². The molecular formula is C11H13NO2. The van der Waals surface area contributed by atoms with Crippen LogP contribution in [0.2, 0.25) is 0 Å². The average molecular weight is 191 g/mol. The number of likely N-dealkylation sites (N-methyl/N-ethyl adjacent to an activating group) is 1. The van der Waals surface area contributed by atoms with E-state index in [4.69, 9.17) is 0 Å². The van der Waals surface area contributed by atoms with Crippen molar-refractivity contribution in [2.24, 2.45) is 0 Å². The van der Waals surface area contributed by atoms with E-state index in [1.54, 1.807) is 7.05 Å². The Bertz CT molecular complexity index is 330. The number of aldehydes is 1. The quantitative estimate of drug-likeness (QED) is 0.571. The summed E-state index contributed by atoms with van der Waals surface area (Å²) in [7, 11) is 1.66. The molecule has 0 saturated heterocycles. The number of carbonyl (C=O) groups excluding carboxylic acids is 2. The number of Topliss-reactive ketones (excluding diaryl/α,β-unsaturated/α-hetero) is 1. The SMILES string of the molecule is CN[C@H](C(=O)C=O)c1ccc(C)cc1. The first-order valence-electron chi connectivity index (χ1n) is 4.42. The van der Waals surface area contributed by atoms with E-state index in [0.29, 0.717) is 6.29 Å². The molecular weight excluding hydrogens is 178 g/mol. The fourth-order valence-corrected chi connectivity index (χ4v) is 1.30. The van der Waals surface area contributed by atoms with Crippen molar-refractivity contribution in [3.05, 3.63) is 35.4 Å². The number of benzene rings is 1. The predicted molar refractivity (Wildman–Crippen MR) is 54.1 cm³/mol. The van der Waals surface area contributed by atoms with Gasteiger partial charge < -0.3 is 5.32 Å². The Kier molecular flexibility index (Phi) is 3.54. The van der Waals surface area contributed by atoms with Gasteiger partial charge in [-0.05, 0) is 19.5 Å². The van der Waals surface area contributed by atoms with E-state index in [2.05, 4.69) is 5.32 Å². The highest BCUT2D eigenvalue weighted by atomic mass is 16.2. The third-order valence-electron chi connectivity index (χ3n) is 2.10. The molecule has 0 unspecified atom stereocenters. The largest absolute Gasteiger partial charge is 0.306 e. The van der Waals surface area contributed by atoms with Gasteiger partial charge in [0.05, 0.1) is 6.04 Å². The first-order chi connectivity index (χ1) is 6.69. The van der Waals surface area contributed by atoms with E-state index in [9.17, 15) is 9.59 Å². The summed E-state index contributed by atoms with van der Waals surface area (Å²) in [6.45, 7) is 1.97. The van der Waals surface area contributed by atoms with Crippen LogP contribution in [0.3, 0.4) is 0 Å². The van der Waals surface area contributed by atoms with Gasteiger partial charge in [-0.1, -0.05) is 29.8 Å². The summed E-state index contributed by atoms with van der Waals surface area (Å²) in [6.07, 6.45) is 0.348. The van der Waals surface area contributed by atoms with Gasteiger partial charge in [0.2, 0.25) is 5.78 Å². The Morgan fingerprint density at radius 3 is 2.36 bits per heavy atom. The van der Waals surface area contributed by atoms with Crippen molar-refractivity contribution in [3.63, 3.8) is 0 Å². The number of nitrogens with one attached hydrogen (secondary N) is 1. The van der Waals surface area contributed by atoms with Crippen molar-refractivity contribution in [3.8, 4) is 0 Å². The van der Waals surface area contributed by atoms with Crippen LogP contribution in [0.4, 0.5) is 0 Å². The van der Waals surface area contributed by atoms with E-state index in [1.807, 2.05) is 31.2 Å². The number of rotatable bonds is 4. The molecule has 1 aromatic carbocycles. The van der Waals surface area contributed by atoms with Crippen LogP contribution < -0.4 is 5.32 Å². The summed E-state index contributed by atoms with van der Waals surface area (Å²) in [4.78, 5) is 21.6. The molecule has 3 nitrogen and oxygen atoms in total. The van der Waals surface area contributed by atoms with Crippen LogP contribution in [0.25, 0.3) is 0 Å². The van der Waals surface area contributed by atoms with Crippen LogP contribution in [0, 0.1) is 6.92 Å². The Hall–Kier alpha value is -1.48. The zero-order valence-corrected chi connectivity index (χ0v) is 8.28. The minimum absolute atomic E-state index is 0.348. The zero-order chi connectivity index (χ0) is 10.6. The third kappa shape index (κ3) is 2.26. The van der Waals surface area contributed by atoms with Gasteiger partial charge in [0.25, 0.3) is 0 Å². The molecule has 1 atom stereocenters. The first-order valence-corrected chi connectivity index (χ1v) is 4.42. The van der Waals surface area contributed by atoms with Crippen LogP contribution in [-0.2, 0) is 9.59 Å². The van der Waals surface area contributed by atoms with Crippen molar-refractivity contribution in [1.82, 2.24) is 5.32 Å². The molecule has 0 aliphatic carbocycles. The molecule has 1 rings (SSSR count). The van der Waals surface area contributed by atoms with Gasteiger partial charge >= 0.3 is 0 Å². The van der Waals surface area contributed by atoms with Crippen molar-refractivity contribution in [1.29, 1.82) is 0 Å². The van der Waals surface area contributed by atoms with Gasteiger partial charge in [0.15, 0.2) is 6.29 Å². The maximum atomic E-state index is 11.2. The molecule has 1 aromatic rings. The molecule has 3 heteroatoms. The molecule has 0 amide bonds. The second-order valence-corrected chi connectivity index (χ2v) is 3.15. The van der Waals surface area contributed by atoms with Crippen molar-refractivity contribution in [2.75, 3.05) is 7.05 Å². The molecule has 0 aliphatic rings. The molecule has 1 N–H and O–H groups in total. The second-order valence-electron chi connectivity index (χ2n) is 3.15. The van der Waals surface area contributed by atoms with Gasteiger partial charge in [-0.25, -0.2) is 0 Å². The number of aryl methyl sites for hydroxylation is 1. The Balaban J connectivity index is 2.95. The normalized spacial score (nSPS) is 12.1. The smallest absolute Gasteiger partial charge is 0.216 e. The number of carbonyl (C=O) groups is 2. The van der Waals surface area contributed by atoms with Crippen molar-refractivity contribution < 1.29 is 9.59 Å². The summed E-state index contributed by atoms with van der Waals surface area (Å²) in [5, 5.41) is 2.81. The molecule has 0 radical (unpaired) electrons. The Morgan fingerprint density at radius 1 is 1.36 bits per heavy atom. The highest BCUT2D eigenvalue weighted by molar-refractivity contribution is 6.27. The number of ketones is 1. The van der Waals surface area contributed by atoms with E-state index >= 15 is 0 Å². The average Bonchev–Trinajstić information content (AvgIpc) is 2.21. The summed E-state index contributed by atoms with van der Waals surface area (Å²) in [5.74, 6) is -0.448. The van der Waals surface area contributed by atoms with E-state index in [1.165, 1.54) is 0 Å². The number of hydrogen-bond donors (Lipinski definition) is 1. The minimum atomic E-state index is -0.520. The van der Waals surface area contributed by atoms with E-state index < -0.39 is 11.8 Å². The molecule has 0 fully saturated rings. The van der Waals surface area contributed by atoms with Crippen LogP contribution >= 0.6 is 0 Å². The minimum Gasteiger partial charge on any atom is -0.306 e. The molecule has 0 heterocycles. The summed E-state index contributed by atoms with van der Waals surface area (Å²) < 4.78 is 0. The molecule has 0 bridgehead atoms. The van der Waals surface area contributed by atoms with Crippen LogP contribution in [-0.4, -0.2) is 19.1 Å². The monoisotopic (exact) mass is 191 g/mol. The van der Waals surface area contributed by atoms with Gasteiger partial charge in [0, 0.05) is 0 Å². The summed E-state index contributed by atoms with van der Waals surface area (Å²) in [6, 6.07) is 7.00. The van der Waals surface area contributed by atoms with Crippen molar-refractivity contribution in [2.45, 2.75) is 13.0 Å². The Labute approximate surface area is 83.1 Å². The van der Waals surface area contributed by atoms with Gasteiger partial charge in [-0.15, -0.1) is 0 Å². The fourth-order valence-electron chi connectivity index (χ4n) is 1.30. The predicted octanol–water partition coefficient (Wildman–Crippen LogP) is 1.02. The molecule has 14 heavy (non-hydrogen) atoms. The highest BCUT2D eigenvalue weighted by Gasteiger charge is 2.16. The van der Waals surface area contributed by atoms with Crippen LogP contribution in [0.1, 0.15) is 17.2 Å². The maximum absolute atomic E-state index is 11.2. The van der Waals surface area contributed by atoms with Crippen LogP contribution in [0.5, 0.6) is 0 Å². The van der Waals surface area contributed by atoms with Crippen LogP contribution in [0.15, 0.2) is 24.3 Å². The molecule has 0 saturated carbocycles. The molecule has 0 spiro atoms. The van der Waals surface area contributed by atoms with Crippen molar-refractivity contribution >= 4 is 12.1 Å². The fraction of sp³-hybridized carbons (Fsp3) is 0.273. The zero-order valence-electron chi connectivity index (χ0n) is 8.28. The summed E-state index contributed by atoms with van der Waals surface area (Å²) >= 11 is 0. The lowest BCUT2D eigenvalue weighted by atomic mass is 10.0. The third-order valence-corrected chi connectivity index (χ3v) is 2.10. The lowest BCUT2D eigenvalue weighted by Gasteiger charge is -2.11.